The predicted octanol–water partition coefficient (Wildman–Crippen LogP) is 10.6. The van der Waals surface area contributed by atoms with Crippen LogP contribution in [0.4, 0.5) is 17.2 Å². The molecule has 0 atom stereocenters. The summed E-state index contributed by atoms with van der Waals surface area (Å²) in [6.45, 7) is 4.13. The van der Waals surface area contributed by atoms with Gasteiger partial charge in [0.15, 0.2) is 0 Å². The lowest BCUT2D eigenvalue weighted by Gasteiger charge is -2.11. The van der Waals surface area contributed by atoms with Crippen molar-refractivity contribution in [2.75, 3.05) is 10.6 Å². The Hall–Kier alpha value is -2.41. The number of anilines is 3. The lowest BCUT2D eigenvalue weighted by Crippen LogP contribution is -2.14. The first kappa shape index (κ1) is 33.1. The van der Waals surface area contributed by atoms with Gasteiger partial charge < -0.3 is 10.6 Å². The first-order valence-corrected chi connectivity index (χ1v) is 16.1. The third kappa shape index (κ3) is 11.1. The van der Waals surface area contributed by atoms with Gasteiger partial charge in [0.1, 0.15) is 11.5 Å². The topological polar surface area (TPSA) is 78.9 Å². The van der Waals surface area contributed by atoms with Gasteiger partial charge in [0, 0.05) is 18.2 Å². The maximum atomic E-state index is 12.7. The minimum Gasteiger partial charge on any atom is -0.339 e. The molecule has 0 radical (unpaired) electrons. The van der Waals surface area contributed by atoms with Crippen molar-refractivity contribution in [2.24, 2.45) is 0 Å². The molecule has 0 fully saturated rings. The SMILES string of the molecule is CCCCCCCCCCCCCCCC(=O)Nc1ccc(Cl)c(Nc2cc(=O)n(-c3c(Cl)cc(C)cc3Cl)[nH]2)c1. The zero-order valence-corrected chi connectivity index (χ0v) is 26.5. The van der Waals surface area contributed by atoms with E-state index in [1.165, 1.54) is 81.4 Å². The maximum Gasteiger partial charge on any atom is 0.273 e. The highest BCUT2D eigenvalue weighted by atomic mass is 35.5. The van der Waals surface area contributed by atoms with Crippen molar-refractivity contribution >= 4 is 57.9 Å². The summed E-state index contributed by atoms with van der Waals surface area (Å²) in [5.74, 6) is 0.379. The molecule has 1 amide bonds. The Bertz CT molecular complexity index is 1300. The average molecular weight is 622 g/mol. The molecule has 0 aliphatic carbocycles. The van der Waals surface area contributed by atoms with Gasteiger partial charge in [-0.3, -0.25) is 14.7 Å². The number of nitrogens with zero attached hydrogens (tertiary/aromatic N) is 1. The number of rotatable bonds is 18. The molecule has 3 N–H and O–H groups in total. The van der Waals surface area contributed by atoms with Crippen molar-refractivity contribution in [3.05, 3.63) is 67.4 Å². The van der Waals surface area contributed by atoms with Crippen LogP contribution in [0.3, 0.4) is 0 Å². The number of halogens is 3. The van der Waals surface area contributed by atoms with Crippen LogP contribution in [0.1, 0.15) is 102 Å². The number of H-pyrrole nitrogens is 1. The van der Waals surface area contributed by atoms with Gasteiger partial charge in [-0.05, 0) is 49.2 Å². The van der Waals surface area contributed by atoms with Crippen molar-refractivity contribution in [3.63, 3.8) is 0 Å². The van der Waals surface area contributed by atoms with Crippen LogP contribution in [-0.4, -0.2) is 15.7 Å². The van der Waals surface area contributed by atoms with E-state index in [4.69, 9.17) is 34.8 Å². The molecule has 3 rings (SSSR count). The number of unbranched alkanes of at least 4 members (excludes halogenated alkanes) is 12. The minimum atomic E-state index is -0.335. The number of amides is 1. The molecule has 0 unspecified atom stereocenters. The molecular weight excluding hydrogens is 579 g/mol. The molecule has 0 saturated heterocycles. The molecule has 0 aliphatic rings. The summed E-state index contributed by atoms with van der Waals surface area (Å²) in [6, 6.07) is 10.1. The van der Waals surface area contributed by atoms with E-state index < -0.39 is 0 Å². The molecule has 1 heterocycles. The summed E-state index contributed by atoms with van der Waals surface area (Å²) in [5, 5.41) is 10.2. The standard InChI is InChI=1S/C32H43Cl3N4O2/c1-3-4-5-6-7-8-9-10-11-12-13-14-15-16-30(40)36-24-17-18-25(33)28(21-24)37-29-22-31(41)39(38-29)32-26(34)19-23(2)20-27(32)35/h17-22,37-38H,3-16H2,1-2H3,(H,36,40). The Morgan fingerprint density at radius 1 is 0.780 bits per heavy atom. The molecule has 3 aromatic rings. The second-order valence-corrected chi connectivity index (χ2v) is 12.0. The summed E-state index contributed by atoms with van der Waals surface area (Å²) in [4.78, 5) is 25.2. The molecule has 6 nitrogen and oxygen atoms in total. The van der Waals surface area contributed by atoms with Crippen molar-refractivity contribution in [1.29, 1.82) is 0 Å². The first-order chi connectivity index (χ1) is 19.8. The third-order valence-corrected chi connectivity index (χ3v) is 8.04. The van der Waals surface area contributed by atoms with Crippen LogP contribution in [0.15, 0.2) is 41.2 Å². The van der Waals surface area contributed by atoms with E-state index in [1.54, 1.807) is 30.3 Å². The molecule has 2 aromatic carbocycles. The van der Waals surface area contributed by atoms with Gasteiger partial charge in [0.2, 0.25) is 5.91 Å². The van der Waals surface area contributed by atoms with Gasteiger partial charge in [-0.25, -0.2) is 4.68 Å². The van der Waals surface area contributed by atoms with Crippen LogP contribution in [0.5, 0.6) is 0 Å². The van der Waals surface area contributed by atoms with Gasteiger partial charge in [-0.1, -0.05) is 119 Å². The second kappa shape index (κ2) is 17.5. The molecule has 9 heteroatoms. The van der Waals surface area contributed by atoms with Gasteiger partial charge in [-0.15, -0.1) is 0 Å². The van der Waals surface area contributed by atoms with E-state index >= 15 is 0 Å². The summed E-state index contributed by atoms with van der Waals surface area (Å²) >= 11 is 19.1. The van der Waals surface area contributed by atoms with Crippen molar-refractivity contribution in [1.82, 2.24) is 9.78 Å². The van der Waals surface area contributed by atoms with Crippen LogP contribution in [-0.2, 0) is 4.79 Å². The van der Waals surface area contributed by atoms with Crippen molar-refractivity contribution in [3.8, 4) is 5.69 Å². The van der Waals surface area contributed by atoms with E-state index in [9.17, 15) is 9.59 Å². The first-order valence-electron chi connectivity index (χ1n) is 14.9. The number of aromatic amines is 1. The van der Waals surface area contributed by atoms with Gasteiger partial charge >= 0.3 is 0 Å². The molecule has 224 valence electrons. The molecule has 1 aromatic heterocycles. The molecule has 0 aliphatic heterocycles. The molecule has 0 saturated carbocycles. The zero-order chi connectivity index (χ0) is 29.6. The summed E-state index contributed by atoms with van der Waals surface area (Å²) in [7, 11) is 0. The fraction of sp³-hybridized carbons (Fsp3) is 0.500. The van der Waals surface area contributed by atoms with E-state index in [0.29, 0.717) is 44.4 Å². The van der Waals surface area contributed by atoms with E-state index in [1.807, 2.05) is 6.92 Å². The number of carbonyl (C=O) groups is 1. The Morgan fingerprint density at radius 2 is 1.34 bits per heavy atom. The number of carbonyl (C=O) groups excluding carboxylic acids is 1. The largest absolute Gasteiger partial charge is 0.339 e. The number of benzene rings is 2. The van der Waals surface area contributed by atoms with Crippen LogP contribution < -0.4 is 16.2 Å². The number of aryl methyl sites for hydroxylation is 1. The van der Waals surface area contributed by atoms with Gasteiger partial charge in [-0.2, -0.15) is 0 Å². The second-order valence-electron chi connectivity index (χ2n) is 10.8. The fourth-order valence-electron chi connectivity index (χ4n) is 4.90. The fourth-order valence-corrected chi connectivity index (χ4v) is 5.83. The normalized spacial score (nSPS) is 11.1. The van der Waals surface area contributed by atoms with E-state index in [0.717, 1.165) is 18.4 Å². The monoisotopic (exact) mass is 620 g/mol. The molecule has 41 heavy (non-hydrogen) atoms. The number of aromatic nitrogens is 2. The van der Waals surface area contributed by atoms with Crippen LogP contribution in [0.2, 0.25) is 15.1 Å². The Kier molecular flexibility index (Phi) is 14.1. The average Bonchev–Trinajstić information content (AvgIpc) is 3.27. The lowest BCUT2D eigenvalue weighted by molar-refractivity contribution is -0.116. The smallest absolute Gasteiger partial charge is 0.273 e. The summed E-state index contributed by atoms with van der Waals surface area (Å²) < 4.78 is 1.28. The maximum absolute atomic E-state index is 12.7. The van der Waals surface area contributed by atoms with E-state index in [2.05, 4.69) is 22.7 Å². The quantitative estimate of drug-likeness (QED) is 0.124. The summed E-state index contributed by atoms with van der Waals surface area (Å²) in [6.07, 6.45) is 17.0. The highest BCUT2D eigenvalue weighted by molar-refractivity contribution is 6.37. The minimum absolute atomic E-state index is 0.0236. The predicted molar refractivity (Wildman–Crippen MR) is 175 cm³/mol. The molecule has 0 spiro atoms. The van der Waals surface area contributed by atoms with Crippen LogP contribution >= 0.6 is 34.8 Å². The summed E-state index contributed by atoms with van der Waals surface area (Å²) in [5.41, 5.74) is 2.10. The van der Waals surface area contributed by atoms with Crippen LogP contribution in [0, 0.1) is 6.92 Å². The molecular formula is C32H43Cl3N4O2. The lowest BCUT2D eigenvalue weighted by atomic mass is 10.0. The van der Waals surface area contributed by atoms with Crippen molar-refractivity contribution in [2.45, 2.75) is 104 Å². The number of nitrogens with one attached hydrogen (secondary N) is 3. The highest BCUT2D eigenvalue weighted by Gasteiger charge is 2.14. The third-order valence-electron chi connectivity index (χ3n) is 7.13. The van der Waals surface area contributed by atoms with Crippen LogP contribution in [0.25, 0.3) is 5.69 Å². The van der Waals surface area contributed by atoms with E-state index in [-0.39, 0.29) is 11.5 Å². The highest BCUT2D eigenvalue weighted by Crippen LogP contribution is 2.31. The zero-order valence-electron chi connectivity index (χ0n) is 24.3. The number of hydrogen-bond donors (Lipinski definition) is 3. The Labute approximate surface area is 259 Å². The molecule has 0 bridgehead atoms. The van der Waals surface area contributed by atoms with Gasteiger partial charge in [0.25, 0.3) is 5.56 Å². The van der Waals surface area contributed by atoms with Crippen molar-refractivity contribution < 1.29 is 4.79 Å². The number of hydrogen-bond acceptors (Lipinski definition) is 3. The Balaban J connectivity index is 1.41. The Morgan fingerprint density at radius 3 is 1.93 bits per heavy atom. The van der Waals surface area contributed by atoms with Gasteiger partial charge in [0.05, 0.1) is 20.8 Å².